The molecule has 0 bridgehead atoms. The van der Waals surface area contributed by atoms with Crippen molar-refractivity contribution in [3.63, 3.8) is 0 Å². The van der Waals surface area contributed by atoms with Gasteiger partial charge in [-0.25, -0.2) is 0 Å². The van der Waals surface area contributed by atoms with Gasteiger partial charge in [-0.15, -0.1) is 0 Å². The fraction of sp³-hybridized carbons (Fsp3) is 1.00. The van der Waals surface area contributed by atoms with E-state index >= 15 is 0 Å². The lowest BCUT2D eigenvalue weighted by Gasteiger charge is -2.15. The fourth-order valence-electron chi connectivity index (χ4n) is 2.35. The molecule has 1 fully saturated rings. The third-order valence-electron chi connectivity index (χ3n) is 4.28. The summed E-state index contributed by atoms with van der Waals surface area (Å²) in [6, 6.07) is 0. The van der Waals surface area contributed by atoms with Crippen LogP contribution in [-0.4, -0.2) is 0 Å². The smallest absolute Gasteiger partial charge is 0.0277 e. The molecule has 0 nitrogen and oxygen atoms in total. The van der Waals surface area contributed by atoms with Crippen LogP contribution in [0.4, 0.5) is 0 Å². The minimum atomic E-state index is 0. The van der Waals surface area contributed by atoms with E-state index < -0.39 is 0 Å². The summed E-state index contributed by atoms with van der Waals surface area (Å²) < 4.78 is 0. The zero-order chi connectivity index (χ0) is 12.4. The van der Waals surface area contributed by atoms with Gasteiger partial charge < -0.3 is 0 Å². The second-order valence-electron chi connectivity index (χ2n) is 5.78. The maximum Gasteiger partial charge on any atom is -0.0277 e. The molecule has 0 spiro atoms. The van der Waals surface area contributed by atoms with Crippen molar-refractivity contribution in [1.82, 2.24) is 0 Å². The molecule has 1 aliphatic rings. The van der Waals surface area contributed by atoms with Crippen LogP contribution >= 0.6 is 0 Å². The van der Waals surface area contributed by atoms with Crippen molar-refractivity contribution in [1.29, 1.82) is 0 Å². The summed E-state index contributed by atoms with van der Waals surface area (Å²) in [5, 5.41) is 0. The molecule has 0 saturated heterocycles. The normalized spacial score (nSPS) is 15.9. The van der Waals surface area contributed by atoms with E-state index in [-0.39, 0.29) is 7.43 Å². The largest absolute Gasteiger partial charge is 0.0776 e. The summed E-state index contributed by atoms with van der Waals surface area (Å²) in [5.41, 5.74) is 0.792. The number of hydrogen-bond acceptors (Lipinski definition) is 0. The number of rotatable bonds is 7. The zero-order valence-corrected chi connectivity index (χ0v) is 12.4. The van der Waals surface area contributed by atoms with Crippen LogP contribution in [0.2, 0.25) is 0 Å². The van der Waals surface area contributed by atoms with Gasteiger partial charge in [0.25, 0.3) is 0 Å². The summed E-state index contributed by atoms with van der Waals surface area (Å²) in [7, 11) is 0. The molecule has 0 aliphatic heterocycles. The van der Waals surface area contributed by atoms with Crippen molar-refractivity contribution in [3.05, 3.63) is 0 Å². The highest BCUT2D eigenvalue weighted by Gasteiger charge is 2.42. The molecule has 1 saturated carbocycles. The maximum absolute atomic E-state index is 2.34. The third kappa shape index (κ3) is 8.69. The third-order valence-corrected chi connectivity index (χ3v) is 4.28. The lowest BCUT2D eigenvalue weighted by atomic mass is 9.90. The van der Waals surface area contributed by atoms with E-state index in [0.29, 0.717) is 0 Å². The van der Waals surface area contributed by atoms with Crippen molar-refractivity contribution in [2.45, 2.75) is 99.8 Å². The Morgan fingerprint density at radius 2 is 1.24 bits per heavy atom. The van der Waals surface area contributed by atoms with Crippen molar-refractivity contribution in [3.8, 4) is 0 Å². The van der Waals surface area contributed by atoms with Crippen molar-refractivity contribution >= 4 is 0 Å². The van der Waals surface area contributed by atoms with Crippen molar-refractivity contribution in [2.24, 2.45) is 11.3 Å². The quantitative estimate of drug-likeness (QED) is 0.429. The summed E-state index contributed by atoms with van der Waals surface area (Å²) in [5.74, 6) is 0.924. The van der Waals surface area contributed by atoms with Crippen LogP contribution in [0.1, 0.15) is 99.8 Å². The molecule has 106 valence electrons. The number of unbranched alkanes of at least 4 members (excludes halogenated alkanes) is 5. The van der Waals surface area contributed by atoms with Gasteiger partial charge in [-0.1, -0.05) is 87.0 Å². The maximum atomic E-state index is 2.34. The Morgan fingerprint density at radius 3 is 1.35 bits per heavy atom. The van der Waals surface area contributed by atoms with Gasteiger partial charge in [0.1, 0.15) is 0 Å². The molecule has 0 heterocycles. The predicted molar refractivity (Wildman–Crippen MR) is 82.6 cm³/mol. The second kappa shape index (κ2) is 11.1. The van der Waals surface area contributed by atoms with Gasteiger partial charge in [-0.2, -0.15) is 0 Å². The molecule has 0 aromatic heterocycles. The lowest BCUT2D eigenvalue weighted by molar-refractivity contribution is 0.347. The molecular formula is C17H38. The van der Waals surface area contributed by atoms with Crippen LogP contribution < -0.4 is 0 Å². The zero-order valence-electron chi connectivity index (χ0n) is 12.4. The SMILES string of the molecule is C.CCC1(C(C)C)CC1.CCCCCCCC. The van der Waals surface area contributed by atoms with E-state index in [1.807, 2.05) is 0 Å². The van der Waals surface area contributed by atoms with E-state index in [1.54, 1.807) is 0 Å². The molecule has 0 atom stereocenters. The van der Waals surface area contributed by atoms with Gasteiger partial charge >= 0.3 is 0 Å². The topological polar surface area (TPSA) is 0 Å². The molecule has 1 rings (SSSR count). The molecule has 17 heavy (non-hydrogen) atoms. The lowest BCUT2D eigenvalue weighted by Crippen LogP contribution is -2.06. The molecule has 0 amide bonds. The van der Waals surface area contributed by atoms with Crippen LogP contribution in [-0.2, 0) is 0 Å². The Kier molecular flexibility index (Phi) is 12.6. The van der Waals surface area contributed by atoms with Gasteiger partial charge in [-0.3, -0.25) is 0 Å². The minimum Gasteiger partial charge on any atom is -0.0776 e. The van der Waals surface area contributed by atoms with Crippen molar-refractivity contribution < 1.29 is 0 Å². The molecule has 0 heteroatoms. The van der Waals surface area contributed by atoms with Crippen LogP contribution in [0.25, 0.3) is 0 Å². The van der Waals surface area contributed by atoms with Crippen LogP contribution in [0.5, 0.6) is 0 Å². The Morgan fingerprint density at radius 1 is 0.824 bits per heavy atom. The average Bonchev–Trinajstić information content (AvgIpc) is 3.06. The standard InChI is InChI=1S/C8H16.C8H18.CH4/c1-4-8(5-6-8)7(2)3;1-3-5-7-8-6-4-2;/h7H,4-6H2,1-3H3;3-8H2,1-2H3;1H4. The first kappa shape index (κ1) is 19.3. The Hall–Kier alpha value is 0. The van der Waals surface area contributed by atoms with Crippen LogP contribution in [0.3, 0.4) is 0 Å². The molecule has 1 aliphatic carbocycles. The van der Waals surface area contributed by atoms with Crippen LogP contribution in [0, 0.1) is 11.3 Å². The highest BCUT2D eigenvalue weighted by Crippen LogP contribution is 2.54. The van der Waals surface area contributed by atoms with Crippen molar-refractivity contribution in [2.75, 3.05) is 0 Å². The van der Waals surface area contributed by atoms with Gasteiger partial charge in [-0.05, 0) is 24.2 Å². The highest BCUT2D eigenvalue weighted by molar-refractivity contribution is 4.93. The fourth-order valence-corrected chi connectivity index (χ4v) is 2.35. The van der Waals surface area contributed by atoms with Gasteiger partial charge in [0.2, 0.25) is 0 Å². The van der Waals surface area contributed by atoms with E-state index in [1.165, 1.54) is 57.8 Å². The summed E-state index contributed by atoms with van der Waals surface area (Å²) in [4.78, 5) is 0. The van der Waals surface area contributed by atoms with Gasteiger partial charge in [0.05, 0.1) is 0 Å². The van der Waals surface area contributed by atoms with Crippen LogP contribution in [0.15, 0.2) is 0 Å². The van der Waals surface area contributed by atoms with Gasteiger partial charge in [0, 0.05) is 0 Å². The predicted octanol–water partition coefficient (Wildman–Crippen LogP) is 6.84. The highest BCUT2D eigenvalue weighted by atomic mass is 14.5. The molecule has 0 aromatic carbocycles. The Bertz CT molecular complexity index is 136. The monoisotopic (exact) mass is 242 g/mol. The van der Waals surface area contributed by atoms with E-state index in [4.69, 9.17) is 0 Å². The van der Waals surface area contributed by atoms with Gasteiger partial charge in [0.15, 0.2) is 0 Å². The molecule has 0 aromatic rings. The average molecular weight is 242 g/mol. The Labute approximate surface area is 112 Å². The minimum absolute atomic E-state index is 0. The summed E-state index contributed by atoms with van der Waals surface area (Å²) in [6.45, 7) is 11.5. The molecule has 0 N–H and O–H groups in total. The molecule has 0 radical (unpaired) electrons. The number of hydrogen-bond donors (Lipinski definition) is 0. The van der Waals surface area contributed by atoms with E-state index in [2.05, 4.69) is 34.6 Å². The first-order chi connectivity index (χ1) is 7.63. The summed E-state index contributed by atoms with van der Waals surface area (Å²) in [6.07, 6.45) is 12.9. The summed E-state index contributed by atoms with van der Waals surface area (Å²) >= 11 is 0. The second-order valence-corrected chi connectivity index (χ2v) is 5.78. The first-order valence-electron chi connectivity index (χ1n) is 7.63. The molecular weight excluding hydrogens is 204 g/mol. The van der Waals surface area contributed by atoms with E-state index in [9.17, 15) is 0 Å². The molecule has 0 unspecified atom stereocenters. The Balaban J connectivity index is 0. The van der Waals surface area contributed by atoms with E-state index in [0.717, 1.165) is 11.3 Å². The first-order valence-corrected chi connectivity index (χ1v) is 7.63.